The number of pyridine rings is 1. The summed E-state index contributed by atoms with van der Waals surface area (Å²) in [6, 6.07) is 3.59. The number of aromatic nitrogens is 1. The third kappa shape index (κ3) is 3.10. The highest BCUT2D eigenvalue weighted by molar-refractivity contribution is 8.24. The Morgan fingerprint density at radius 1 is 1.75 bits per heavy atom. The monoisotopic (exact) mass is 221 g/mol. The molecular weight excluding hydrogens is 213 g/mol. The molecule has 1 aromatic rings. The first-order valence-corrected chi connectivity index (χ1v) is 7.33. The van der Waals surface area contributed by atoms with Gasteiger partial charge in [0.05, 0.1) is 6.20 Å². The van der Waals surface area contributed by atoms with Crippen molar-refractivity contribution in [1.82, 2.24) is 4.98 Å². The Morgan fingerprint density at radius 2 is 2.50 bits per heavy atom. The number of nitrogens with zero attached hydrogens (tertiary/aromatic N) is 1. The van der Waals surface area contributed by atoms with E-state index in [1.165, 1.54) is 0 Å². The molecule has 0 N–H and O–H groups in total. The zero-order valence-corrected chi connectivity index (χ0v) is 9.07. The van der Waals surface area contributed by atoms with Crippen molar-refractivity contribution in [3.63, 3.8) is 0 Å². The van der Waals surface area contributed by atoms with E-state index in [-0.39, 0.29) is 0 Å². The molecule has 0 bridgehead atoms. The highest BCUT2D eigenvalue weighted by Crippen LogP contribution is 2.51. The molecule has 66 valence electrons. The Balaban J connectivity index is 2.71. The summed E-state index contributed by atoms with van der Waals surface area (Å²) in [5, 5.41) is 0. The Hall–Kier alpha value is -0.110. The Bertz CT molecular complexity index is 293. The van der Waals surface area contributed by atoms with Gasteiger partial charge in [-0.25, -0.2) is 0 Å². The summed E-state index contributed by atoms with van der Waals surface area (Å²) in [6.07, 6.45) is 3.97. The minimum atomic E-state index is -2.13. The molecule has 0 spiro atoms. The Kier molecular flexibility index (Phi) is 3.51. The SMILES string of the molecule is CCP(=S)(Cl)Oc1cccnc1. The fraction of sp³-hybridized carbons (Fsp3) is 0.286. The normalized spacial score (nSPS) is 15.2. The second-order valence-electron chi connectivity index (χ2n) is 2.19. The molecule has 1 heterocycles. The lowest BCUT2D eigenvalue weighted by Crippen LogP contribution is -1.88. The molecule has 1 unspecified atom stereocenters. The second kappa shape index (κ2) is 4.22. The van der Waals surface area contributed by atoms with Crippen LogP contribution in [-0.2, 0) is 11.8 Å². The molecule has 0 saturated carbocycles. The van der Waals surface area contributed by atoms with Crippen LogP contribution >= 0.6 is 16.9 Å². The molecule has 2 nitrogen and oxygen atoms in total. The molecule has 0 aliphatic carbocycles. The van der Waals surface area contributed by atoms with E-state index in [1.807, 2.05) is 6.92 Å². The van der Waals surface area contributed by atoms with Gasteiger partial charge in [-0.05, 0) is 35.2 Å². The summed E-state index contributed by atoms with van der Waals surface area (Å²) in [4.78, 5) is 3.89. The van der Waals surface area contributed by atoms with Crippen LogP contribution in [0.2, 0.25) is 0 Å². The van der Waals surface area contributed by atoms with E-state index in [9.17, 15) is 0 Å². The first-order valence-electron chi connectivity index (χ1n) is 3.52. The van der Waals surface area contributed by atoms with Gasteiger partial charge in [0.2, 0.25) is 0 Å². The van der Waals surface area contributed by atoms with E-state index in [2.05, 4.69) is 4.98 Å². The van der Waals surface area contributed by atoms with Gasteiger partial charge in [0.1, 0.15) is 5.75 Å². The molecule has 0 aromatic carbocycles. The minimum absolute atomic E-state index is 0.651. The molecule has 0 fully saturated rings. The number of hydrogen-bond donors (Lipinski definition) is 0. The van der Waals surface area contributed by atoms with Gasteiger partial charge in [0.25, 0.3) is 0 Å². The van der Waals surface area contributed by atoms with E-state index >= 15 is 0 Å². The van der Waals surface area contributed by atoms with Crippen molar-refractivity contribution in [3.8, 4) is 5.75 Å². The van der Waals surface area contributed by atoms with E-state index in [1.54, 1.807) is 24.5 Å². The first-order chi connectivity index (χ1) is 5.64. The Labute approximate surface area is 81.8 Å². The molecule has 0 saturated heterocycles. The molecule has 0 aliphatic heterocycles. The van der Waals surface area contributed by atoms with Crippen LogP contribution in [0.3, 0.4) is 0 Å². The molecule has 0 aliphatic rings. The summed E-state index contributed by atoms with van der Waals surface area (Å²) in [6.45, 7) is 1.92. The number of hydrogen-bond acceptors (Lipinski definition) is 3. The van der Waals surface area contributed by atoms with Crippen LogP contribution < -0.4 is 4.52 Å². The third-order valence-electron chi connectivity index (χ3n) is 1.25. The molecule has 1 aromatic heterocycles. The molecule has 0 amide bonds. The van der Waals surface area contributed by atoms with Gasteiger partial charge < -0.3 is 4.52 Å². The molecule has 1 rings (SSSR count). The molecule has 5 heteroatoms. The summed E-state index contributed by atoms with van der Waals surface area (Å²) < 4.78 is 5.38. The molecule has 0 radical (unpaired) electrons. The van der Waals surface area contributed by atoms with Crippen molar-refractivity contribution in [2.24, 2.45) is 0 Å². The van der Waals surface area contributed by atoms with Crippen molar-refractivity contribution in [2.45, 2.75) is 6.92 Å². The van der Waals surface area contributed by atoms with E-state index < -0.39 is 5.62 Å². The zero-order chi connectivity index (χ0) is 9.03. The maximum Gasteiger partial charge on any atom is 0.199 e. The lowest BCUT2D eigenvalue weighted by Gasteiger charge is -2.13. The van der Waals surface area contributed by atoms with Crippen LogP contribution in [0.25, 0.3) is 0 Å². The van der Waals surface area contributed by atoms with Gasteiger partial charge in [-0.2, -0.15) is 0 Å². The lowest BCUT2D eigenvalue weighted by atomic mass is 10.5. The molecule has 12 heavy (non-hydrogen) atoms. The van der Waals surface area contributed by atoms with Gasteiger partial charge in [0, 0.05) is 12.4 Å². The average molecular weight is 222 g/mol. The van der Waals surface area contributed by atoms with Crippen molar-refractivity contribution in [2.75, 3.05) is 6.16 Å². The predicted octanol–water partition coefficient (Wildman–Crippen LogP) is 3.03. The van der Waals surface area contributed by atoms with Crippen LogP contribution in [0, 0.1) is 0 Å². The van der Waals surface area contributed by atoms with E-state index in [0.717, 1.165) is 0 Å². The van der Waals surface area contributed by atoms with Crippen LogP contribution in [0.5, 0.6) is 5.75 Å². The van der Waals surface area contributed by atoms with Gasteiger partial charge in [0.15, 0.2) is 5.62 Å². The lowest BCUT2D eigenvalue weighted by molar-refractivity contribution is 0.620. The summed E-state index contributed by atoms with van der Waals surface area (Å²) in [7, 11) is 0. The summed E-state index contributed by atoms with van der Waals surface area (Å²) in [5.41, 5.74) is -2.13. The quantitative estimate of drug-likeness (QED) is 0.733. The molecular formula is C7H9ClNOPS. The topological polar surface area (TPSA) is 22.1 Å². The van der Waals surface area contributed by atoms with Crippen LogP contribution in [0.15, 0.2) is 24.5 Å². The van der Waals surface area contributed by atoms with Crippen molar-refractivity contribution in [1.29, 1.82) is 0 Å². The maximum absolute atomic E-state index is 5.93. The minimum Gasteiger partial charge on any atom is -0.451 e. The van der Waals surface area contributed by atoms with Crippen molar-refractivity contribution in [3.05, 3.63) is 24.5 Å². The highest BCUT2D eigenvalue weighted by Gasteiger charge is 2.11. The van der Waals surface area contributed by atoms with Crippen LogP contribution in [0.4, 0.5) is 0 Å². The summed E-state index contributed by atoms with van der Waals surface area (Å²) >= 11 is 11.0. The van der Waals surface area contributed by atoms with Crippen molar-refractivity contribution >= 4 is 28.7 Å². The third-order valence-corrected chi connectivity index (χ3v) is 4.42. The van der Waals surface area contributed by atoms with Gasteiger partial charge in [-0.1, -0.05) is 6.92 Å². The largest absolute Gasteiger partial charge is 0.451 e. The van der Waals surface area contributed by atoms with Crippen LogP contribution in [0.1, 0.15) is 6.92 Å². The van der Waals surface area contributed by atoms with Gasteiger partial charge in [-0.15, -0.1) is 0 Å². The second-order valence-corrected chi connectivity index (χ2v) is 8.19. The van der Waals surface area contributed by atoms with Crippen LogP contribution in [-0.4, -0.2) is 11.1 Å². The van der Waals surface area contributed by atoms with Gasteiger partial charge in [-0.3, -0.25) is 4.98 Å². The Morgan fingerprint density at radius 3 is 3.00 bits per heavy atom. The van der Waals surface area contributed by atoms with Crippen molar-refractivity contribution < 1.29 is 4.52 Å². The van der Waals surface area contributed by atoms with E-state index in [4.69, 9.17) is 27.6 Å². The maximum atomic E-state index is 5.93. The number of rotatable bonds is 3. The average Bonchev–Trinajstić information content (AvgIpc) is 2.06. The fourth-order valence-electron chi connectivity index (χ4n) is 0.623. The number of halogens is 1. The first kappa shape index (κ1) is 9.97. The fourth-order valence-corrected chi connectivity index (χ4v) is 1.67. The van der Waals surface area contributed by atoms with E-state index in [0.29, 0.717) is 11.9 Å². The predicted molar refractivity (Wildman–Crippen MR) is 55.5 cm³/mol. The van der Waals surface area contributed by atoms with Gasteiger partial charge >= 0.3 is 0 Å². The standard InChI is InChI=1S/C7H9ClNOPS/c1-2-11(8,12)10-7-4-3-5-9-6-7/h3-6H,2H2,1H3. The summed E-state index contributed by atoms with van der Waals surface area (Å²) in [5.74, 6) is 0.651. The smallest absolute Gasteiger partial charge is 0.199 e. The zero-order valence-electron chi connectivity index (χ0n) is 6.61. The highest BCUT2D eigenvalue weighted by atomic mass is 35.7. The molecule has 1 atom stereocenters.